The van der Waals surface area contributed by atoms with Crippen molar-refractivity contribution < 1.29 is 18.3 Å². The third-order valence-corrected chi connectivity index (χ3v) is 7.39. The Bertz CT molecular complexity index is 1310. The summed E-state index contributed by atoms with van der Waals surface area (Å²) in [7, 11) is -3.71. The minimum absolute atomic E-state index is 0.125. The fraction of sp³-hybridized carbons (Fsp3) is 0.111. The third-order valence-electron chi connectivity index (χ3n) is 5.58. The van der Waals surface area contributed by atoms with Gasteiger partial charge in [0.25, 0.3) is 0 Å². The highest BCUT2D eigenvalue weighted by Gasteiger charge is 2.24. The van der Waals surface area contributed by atoms with E-state index < -0.39 is 9.84 Å². The first-order valence-corrected chi connectivity index (χ1v) is 11.7. The van der Waals surface area contributed by atoms with Crippen LogP contribution in [0.15, 0.2) is 113 Å². The summed E-state index contributed by atoms with van der Waals surface area (Å²) in [6, 6.07) is 29.8. The molecule has 0 unspecified atom stereocenters. The molecule has 0 saturated carbocycles. The van der Waals surface area contributed by atoms with Gasteiger partial charge in [-0.15, -0.1) is 0 Å². The van der Waals surface area contributed by atoms with E-state index in [2.05, 4.69) is 13.8 Å². The quantitative estimate of drug-likeness (QED) is 0.377. The van der Waals surface area contributed by atoms with Crippen molar-refractivity contribution in [3.05, 3.63) is 114 Å². The zero-order valence-corrected chi connectivity index (χ0v) is 18.7. The Morgan fingerprint density at radius 1 is 0.688 bits per heavy atom. The molecule has 162 valence electrons. The number of aromatic hydroxyl groups is 1. The summed E-state index contributed by atoms with van der Waals surface area (Å²) in [6.45, 7) is 4.22. The average molecular weight is 445 g/mol. The molecule has 4 rings (SSSR count). The molecule has 0 bridgehead atoms. The van der Waals surface area contributed by atoms with Crippen molar-refractivity contribution >= 4 is 9.84 Å². The van der Waals surface area contributed by atoms with E-state index in [4.69, 9.17) is 4.74 Å². The summed E-state index contributed by atoms with van der Waals surface area (Å²) in [6.07, 6.45) is 0. The molecule has 1 N–H and O–H groups in total. The molecule has 0 amide bonds. The van der Waals surface area contributed by atoms with Crippen LogP contribution in [-0.2, 0) is 15.3 Å². The van der Waals surface area contributed by atoms with Crippen molar-refractivity contribution in [2.24, 2.45) is 0 Å². The summed E-state index contributed by atoms with van der Waals surface area (Å²) in [4.78, 5) is 0.349. The van der Waals surface area contributed by atoms with Crippen LogP contribution in [0.2, 0.25) is 0 Å². The van der Waals surface area contributed by atoms with Crippen LogP contribution in [0.5, 0.6) is 17.2 Å². The van der Waals surface area contributed by atoms with E-state index in [-0.39, 0.29) is 26.7 Å². The van der Waals surface area contributed by atoms with Crippen LogP contribution >= 0.6 is 0 Å². The molecule has 0 atom stereocenters. The predicted octanol–water partition coefficient (Wildman–Crippen LogP) is 6.34. The lowest BCUT2D eigenvalue weighted by Crippen LogP contribution is -2.18. The molecular weight excluding hydrogens is 420 g/mol. The average Bonchev–Trinajstić information content (AvgIpc) is 2.80. The minimum Gasteiger partial charge on any atom is -0.508 e. The van der Waals surface area contributed by atoms with Crippen molar-refractivity contribution in [2.45, 2.75) is 29.1 Å². The van der Waals surface area contributed by atoms with E-state index in [1.54, 1.807) is 66.7 Å². The summed E-state index contributed by atoms with van der Waals surface area (Å²) >= 11 is 0. The van der Waals surface area contributed by atoms with Gasteiger partial charge in [0.1, 0.15) is 22.1 Å². The van der Waals surface area contributed by atoms with Gasteiger partial charge in [-0.05, 0) is 59.7 Å². The van der Waals surface area contributed by atoms with Crippen LogP contribution < -0.4 is 4.74 Å². The van der Waals surface area contributed by atoms with Gasteiger partial charge >= 0.3 is 0 Å². The lowest BCUT2D eigenvalue weighted by molar-refractivity contribution is 0.467. The highest BCUT2D eigenvalue weighted by molar-refractivity contribution is 7.91. The molecule has 0 aromatic heterocycles. The molecular formula is C27H24O4S. The number of benzene rings is 4. The number of phenols is 1. The molecule has 4 nitrogen and oxygen atoms in total. The summed E-state index contributed by atoms with van der Waals surface area (Å²) in [5.74, 6) is 1.06. The van der Waals surface area contributed by atoms with E-state index in [9.17, 15) is 13.5 Å². The molecule has 0 aliphatic heterocycles. The van der Waals surface area contributed by atoms with Crippen molar-refractivity contribution in [3.8, 4) is 17.2 Å². The van der Waals surface area contributed by atoms with Crippen molar-refractivity contribution in [3.63, 3.8) is 0 Å². The largest absolute Gasteiger partial charge is 0.508 e. The number of rotatable bonds is 6. The smallest absolute Gasteiger partial charge is 0.210 e. The molecule has 4 aromatic carbocycles. The standard InChI is InChI=1S/C27H24O4S/c1-27(2,20-12-16-22(28)17-13-20)21-14-18-23(19-15-21)31-25-10-6-7-11-26(25)32(29,30)24-8-4-3-5-9-24/h3-19,28H,1-2H3. The zero-order valence-electron chi connectivity index (χ0n) is 17.9. The van der Waals surface area contributed by atoms with Gasteiger partial charge in [-0.3, -0.25) is 0 Å². The van der Waals surface area contributed by atoms with Gasteiger partial charge in [0.15, 0.2) is 0 Å². The Morgan fingerprint density at radius 2 is 1.22 bits per heavy atom. The Kier molecular flexibility index (Phi) is 5.76. The number of sulfone groups is 1. The second-order valence-electron chi connectivity index (χ2n) is 8.06. The van der Waals surface area contributed by atoms with Crippen LogP contribution in [0.3, 0.4) is 0 Å². The number of hydrogen-bond donors (Lipinski definition) is 1. The van der Waals surface area contributed by atoms with Gasteiger partial charge in [-0.1, -0.05) is 68.4 Å². The predicted molar refractivity (Wildman–Crippen MR) is 125 cm³/mol. The van der Waals surface area contributed by atoms with Gasteiger partial charge in [0.05, 0.1) is 4.90 Å². The molecule has 32 heavy (non-hydrogen) atoms. The van der Waals surface area contributed by atoms with E-state index in [1.165, 1.54) is 0 Å². The summed E-state index contributed by atoms with van der Waals surface area (Å²) in [5.41, 5.74) is 1.87. The van der Waals surface area contributed by atoms with Gasteiger partial charge < -0.3 is 9.84 Å². The van der Waals surface area contributed by atoms with E-state index >= 15 is 0 Å². The van der Waals surface area contributed by atoms with Crippen molar-refractivity contribution in [1.82, 2.24) is 0 Å². The minimum atomic E-state index is -3.71. The first-order chi connectivity index (χ1) is 15.3. The molecule has 0 fully saturated rings. The number of para-hydroxylation sites is 1. The molecule has 0 heterocycles. The van der Waals surface area contributed by atoms with Crippen LogP contribution in [0.4, 0.5) is 0 Å². The van der Waals surface area contributed by atoms with Gasteiger partial charge in [-0.2, -0.15) is 0 Å². The molecule has 0 saturated heterocycles. The highest BCUT2D eigenvalue weighted by atomic mass is 32.2. The Labute approximate surface area is 188 Å². The van der Waals surface area contributed by atoms with Gasteiger partial charge in [0, 0.05) is 5.41 Å². The van der Waals surface area contributed by atoms with Gasteiger partial charge in [0.2, 0.25) is 9.84 Å². The molecule has 0 aliphatic carbocycles. The maximum atomic E-state index is 13.1. The number of hydrogen-bond acceptors (Lipinski definition) is 4. The second kappa shape index (κ2) is 8.52. The monoisotopic (exact) mass is 444 g/mol. The Morgan fingerprint density at radius 3 is 1.84 bits per heavy atom. The van der Waals surface area contributed by atoms with Crippen molar-refractivity contribution in [1.29, 1.82) is 0 Å². The molecule has 4 aromatic rings. The van der Waals surface area contributed by atoms with E-state index in [0.717, 1.165) is 11.1 Å². The normalized spacial score (nSPS) is 11.8. The van der Waals surface area contributed by atoms with Crippen LogP contribution in [0.25, 0.3) is 0 Å². The molecule has 0 spiro atoms. The third kappa shape index (κ3) is 4.25. The lowest BCUT2D eigenvalue weighted by Gasteiger charge is -2.26. The summed E-state index contributed by atoms with van der Waals surface area (Å²) < 4.78 is 32.2. The maximum absolute atomic E-state index is 13.1. The van der Waals surface area contributed by atoms with E-state index in [1.807, 2.05) is 36.4 Å². The van der Waals surface area contributed by atoms with E-state index in [0.29, 0.717) is 5.75 Å². The van der Waals surface area contributed by atoms with Crippen molar-refractivity contribution in [2.75, 3.05) is 0 Å². The Balaban J connectivity index is 1.62. The zero-order chi connectivity index (χ0) is 22.8. The number of ether oxygens (including phenoxy) is 1. The number of phenolic OH excluding ortho intramolecular Hbond substituents is 1. The van der Waals surface area contributed by atoms with Crippen LogP contribution in [0, 0.1) is 0 Å². The lowest BCUT2D eigenvalue weighted by atomic mass is 9.78. The Hall–Kier alpha value is -3.57. The van der Waals surface area contributed by atoms with Crippen LogP contribution in [0.1, 0.15) is 25.0 Å². The highest BCUT2D eigenvalue weighted by Crippen LogP contribution is 2.36. The SMILES string of the molecule is CC(C)(c1ccc(O)cc1)c1ccc(Oc2ccccc2S(=O)(=O)c2ccccc2)cc1. The molecule has 5 heteroatoms. The summed E-state index contributed by atoms with van der Waals surface area (Å²) in [5, 5.41) is 9.56. The topological polar surface area (TPSA) is 63.6 Å². The molecule has 0 aliphatic rings. The first-order valence-electron chi connectivity index (χ1n) is 10.3. The second-order valence-corrected chi connectivity index (χ2v) is 9.98. The first kappa shape index (κ1) is 21.7. The fourth-order valence-electron chi connectivity index (χ4n) is 3.59. The molecule has 0 radical (unpaired) electrons. The van der Waals surface area contributed by atoms with Gasteiger partial charge in [-0.25, -0.2) is 8.42 Å². The fourth-order valence-corrected chi connectivity index (χ4v) is 5.00. The maximum Gasteiger partial charge on any atom is 0.210 e. The van der Waals surface area contributed by atoms with Crippen LogP contribution in [-0.4, -0.2) is 13.5 Å².